The molecule has 2 rings (SSSR count). The van der Waals surface area contributed by atoms with Gasteiger partial charge in [0.1, 0.15) is 0 Å². The van der Waals surface area contributed by atoms with Crippen LogP contribution >= 0.6 is 0 Å². The smallest absolute Gasteiger partial charge is 0.0826 e. The van der Waals surface area contributed by atoms with E-state index < -0.39 is 8.07 Å². The lowest BCUT2D eigenvalue weighted by molar-refractivity contribution is 0.00885. The van der Waals surface area contributed by atoms with Gasteiger partial charge >= 0.3 is 0 Å². The molecule has 4 heteroatoms. The summed E-state index contributed by atoms with van der Waals surface area (Å²) >= 11 is 0. The molecule has 0 amide bonds. The van der Waals surface area contributed by atoms with Crippen LogP contribution in [0, 0.1) is 0 Å². The summed E-state index contributed by atoms with van der Waals surface area (Å²) in [6.45, 7) is 11.9. The van der Waals surface area contributed by atoms with Crippen LogP contribution in [0.2, 0.25) is 19.6 Å². The van der Waals surface area contributed by atoms with Crippen molar-refractivity contribution < 1.29 is 4.74 Å². The van der Waals surface area contributed by atoms with Gasteiger partial charge in [-0.15, -0.1) is 0 Å². The normalized spacial score (nSPS) is 20.4. The Kier molecular flexibility index (Phi) is 5.38. The second kappa shape index (κ2) is 6.85. The highest BCUT2D eigenvalue weighted by molar-refractivity contribution is 6.88. The zero-order chi connectivity index (χ0) is 14.6. The number of hydrogen-bond acceptors (Lipinski definition) is 3. The predicted octanol–water partition coefficient (Wildman–Crippen LogP) is 1.65. The van der Waals surface area contributed by atoms with Gasteiger partial charge in [-0.2, -0.15) is 0 Å². The van der Waals surface area contributed by atoms with Gasteiger partial charge in [-0.1, -0.05) is 49.1 Å². The largest absolute Gasteiger partial charge is 0.374 e. The molecule has 1 aromatic rings. The molecule has 3 nitrogen and oxygen atoms in total. The van der Waals surface area contributed by atoms with E-state index in [4.69, 9.17) is 4.74 Å². The summed E-state index contributed by atoms with van der Waals surface area (Å²) in [5, 5.41) is 4.91. The molecule has 1 unspecified atom stereocenters. The van der Waals surface area contributed by atoms with Crippen molar-refractivity contribution in [2.45, 2.75) is 32.3 Å². The first-order chi connectivity index (χ1) is 9.45. The Hall–Kier alpha value is -0.683. The molecule has 1 heterocycles. The van der Waals surface area contributed by atoms with Crippen LogP contribution in [0.25, 0.3) is 0 Å². The highest BCUT2D eigenvalue weighted by Crippen LogP contribution is 2.08. The fourth-order valence-corrected chi connectivity index (χ4v) is 3.74. The predicted molar refractivity (Wildman–Crippen MR) is 88.4 cm³/mol. The molecule has 112 valence electrons. The minimum atomic E-state index is -1.17. The van der Waals surface area contributed by atoms with Gasteiger partial charge in [-0.25, -0.2) is 0 Å². The molecule has 0 spiro atoms. The summed E-state index contributed by atoms with van der Waals surface area (Å²) in [7, 11) is 0.998. The van der Waals surface area contributed by atoms with Crippen molar-refractivity contribution in [1.82, 2.24) is 10.2 Å². The molecule has 1 aliphatic heterocycles. The SMILES string of the molecule is CN(Cc1ccc([Si](C)(C)C)cc1)CC1CNCCO1. The minimum absolute atomic E-state index is 0.329. The third-order valence-electron chi connectivity index (χ3n) is 3.79. The summed E-state index contributed by atoms with van der Waals surface area (Å²) in [5.41, 5.74) is 1.39. The number of hydrogen-bond donors (Lipinski definition) is 1. The Labute approximate surface area is 124 Å². The van der Waals surface area contributed by atoms with Gasteiger partial charge in [0.15, 0.2) is 0 Å². The van der Waals surface area contributed by atoms with E-state index in [0.717, 1.165) is 32.8 Å². The quantitative estimate of drug-likeness (QED) is 0.835. The van der Waals surface area contributed by atoms with Crippen molar-refractivity contribution in [3.05, 3.63) is 29.8 Å². The summed E-state index contributed by atoms with van der Waals surface area (Å²) < 4.78 is 5.75. The van der Waals surface area contributed by atoms with Gasteiger partial charge in [0.2, 0.25) is 0 Å². The fourth-order valence-electron chi connectivity index (χ4n) is 2.57. The van der Waals surface area contributed by atoms with Crippen LogP contribution in [0.3, 0.4) is 0 Å². The first-order valence-electron chi connectivity index (χ1n) is 7.55. The van der Waals surface area contributed by atoms with Crippen molar-refractivity contribution in [2.75, 3.05) is 33.3 Å². The van der Waals surface area contributed by atoms with E-state index in [1.165, 1.54) is 10.8 Å². The summed E-state index contributed by atoms with van der Waals surface area (Å²) in [6, 6.07) is 9.19. The Morgan fingerprint density at radius 1 is 1.25 bits per heavy atom. The Balaban J connectivity index is 1.86. The summed E-state index contributed by atoms with van der Waals surface area (Å²) in [4.78, 5) is 2.35. The highest BCUT2D eigenvalue weighted by atomic mass is 28.3. The molecule has 0 saturated carbocycles. The topological polar surface area (TPSA) is 24.5 Å². The van der Waals surface area contributed by atoms with Crippen LogP contribution in [0.1, 0.15) is 5.56 Å². The second-order valence-corrected chi connectivity index (χ2v) is 11.9. The van der Waals surface area contributed by atoms with E-state index in [1.54, 1.807) is 0 Å². The maximum absolute atomic E-state index is 5.75. The molecular formula is C16H28N2OSi. The Morgan fingerprint density at radius 2 is 1.95 bits per heavy atom. The number of nitrogens with zero attached hydrogens (tertiary/aromatic N) is 1. The lowest BCUT2D eigenvalue weighted by atomic mass is 10.2. The molecule has 0 aliphatic carbocycles. The van der Waals surface area contributed by atoms with E-state index in [1.807, 2.05) is 0 Å². The molecule has 1 N–H and O–H groups in total. The molecule has 1 aromatic carbocycles. The number of ether oxygens (including phenoxy) is 1. The number of likely N-dealkylation sites (N-methyl/N-ethyl adjacent to an activating group) is 1. The van der Waals surface area contributed by atoms with Gasteiger partial charge in [0.05, 0.1) is 20.8 Å². The minimum Gasteiger partial charge on any atom is -0.374 e. The molecule has 1 aliphatic rings. The molecule has 1 fully saturated rings. The van der Waals surface area contributed by atoms with Crippen LogP contribution < -0.4 is 10.5 Å². The third-order valence-corrected chi connectivity index (χ3v) is 5.86. The van der Waals surface area contributed by atoms with E-state index >= 15 is 0 Å². The van der Waals surface area contributed by atoms with E-state index in [-0.39, 0.29) is 0 Å². The van der Waals surface area contributed by atoms with Crippen molar-refractivity contribution in [1.29, 1.82) is 0 Å². The average molecular weight is 292 g/mol. The van der Waals surface area contributed by atoms with Gasteiger partial charge in [0, 0.05) is 26.2 Å². The number of nitrogens with one attached hydrogen (secondary N) is 1. The van der Waals surface area contributed by atoms with Crippen LogP contribution in [0.4, 0.5) is 0 Å². The molecule has 20 heavy (non-hydrogen) atoms. The zero-order valence-electron chi connectivity index (χ0n) is 13.3. The molecular weight excluding hydrogens is 264 g/mol. The molecule has 1 saturated heterocycles. The lowest BCUT2D eigenvalue weighted by Crippen LogP contribution is -2.44. The van der Waals surface area contributed by atoms with Crippen molar-refractivity contribution in [3.63, 3.8) is 0 Å². The fraction of sp³-hybridized carbons (Fsp3) is 0.625. The average Bonchev–Trinajstić information content (AvgIpc) is 2.39. The second-order valence-electron chi connectivity index (χ2n) is 6.84. The lowest BCUT2D eigenvalue weighted by Gasteiger charge is -2.28. The standard InChI is InChI=1S/C16H28N2OSi/c1-18(13-15-11-17-9-10-19-15)12-14-5-7-16(8-6-14)20(2,3)4/h5-8,15,17H,9-13H2,1-4H3. The third kappa shape index (κ3) is 4.70. The van der Waals surface area contributed by atoms with Crippen LogP contribution in [-0.4, -0.2) is 52.4 Å². The first-order valence-corrected chi connectivity index (χ1v) is 11.1. The maximum atomic E-state index is 5.75. The van der Waals surface area contributed by atoms with Gasteiger partial charge in [0.25, 0.3) is 0 Å². The van der Waals surface area contributed by atoms with E-state index in [2.05, 4.69) is 61.2 Å². The molecule has 1 atom stereocenters. The summed E-state index contributed by atoms with van der Waals surface area (Å²) in [6.07, 6.45) is 0.329. The van der Waals surface area contributed by atoms with Gasteiger partial charge < -0.3 is 10.1 Å². The van der Waals surface area contributed by atoms with Crippen molar-refractivity contribution >= 4 is 13.3 Å². The zero-order valence-corrected chi connectivity index (χ0v) is 14.3. The van der Waals surface area contributed by atoms with Crippen LogP contribution in [-0.2, 0) is 11.3 Å². The van der Waals surface area contributed by atoms with E-state index in [9.17, 15) is 0 Å². The maximum Gasteiger partial charge on any atom is 0.0826 e. The number of morpholine rings is 1. The van der Waals surface area contributed by atoms with E-state index in [0.29, 0.717) is 6.10 Å². The van der Waals surface area contributed by atoms with Gasteiger partial charge in [-0.05, 0) is 12.6 Å². The Bertz CT molecular complexity index is 407. The summed E-state index contributed by atoms with van der Waals surface area (Å²) in [5.74, 6) is 0. The molecule has 0 radical (unpaired) electrons. The van der Waals surface area contributed by atoms with Crippen molar-refractivity contribution in [3.8, 4) is 0 Å². The van der Waals surface area contributed by atoms with Crippen molar-refractivity contribution in [2.24, 2.45) is 0 Å². The monoisotopic (exact) mass is 292 g/mol. The Morgan fingerprint density at radius 3 is 2.50 bits per heavy atom. The van der Waals surface area contributed by atoms with Crippen LogP contribution in [0.5, 0.6) is 0 Å². The highest BCUT2D eigenvalue weighted by Gasteiger charge is 2.17. The molecule has 0 aromatic heterocycles. The number of benzene rings is 1. The first kappa shape index (κ1) is 15.7. The van der Waals surface area contributed by atoms with Crippen LogP contribution in [0.15, 0.2) is 24.3 Å². The van der Waals surface area contributed by atoms with Gasteiger partial charge in [-0.3, -0.25) is 4.90 Å². The number of rotatable bonds is 5. The molecule has 0 bridgehead atoms.